The molecule has 4 rings (SSSR count). The lowest BCUT2D eigenvalue weighted by molar-refractivity contribution is -0.122. The number of imide groups is 2. The molecule has 212 valence electrons. The second kappa shape index (κ2) is 12.9. The van der Waals surface area contributed by atoms with Crippen molar-refractivity contribution < 1.29 is 19.2 Å². The minimum absolute atomic E-state index is 0.146. The Bertz CT molecular complexity index is 1450. The van der Waals surface area contributed by atoms with Crippen LogP contribution in [-0.4, -0.2) is 36.2 Å². The summed E-state index contributed by atoms with van der Waals surface area (Å²) < 4.78 is 0. The van der Waals surface area contributed by atoms with Gasteiger partial charge in [-0.3, -0.25) is 19.2 Å². The van der Waals surface area contributed by atoms with Gasteiger partial charge in [-0.05, 0) is 87.4 Å². The SMILES string of the molecule is C\C=C/C=C\C=C/CCNC1CC(=O)N(c2c(C)cc(Cc3cc(C)c(N4C(=O)C=CC4=O)c(C)c3)cc2C)C1=O. The van der Waals surface area contributed by atoms with Gasteiger partial charge in [-0.2, -0.15) is 0 Å². The summed E-state index contributed by atoms with van der Waals surface area (Å²) in [5.41, 5.74) is 6.81. The number of carbonyl (C=O) groups excluding carboxylic acids is 4. The molecule has 2 aliphatic heterocycles. The minimum Gasteiger partial charge on any atom is -0.305 e. The van der Waals surface area contributed by atoms with Gasteiger partial charge in [-0.15, -0.1) is 0 Å². The molecular formula is C34H37N3O4. The molecule has 0 spiro atoms. The van der Waals surface area contributed by atoms with Crippen LogP contribution in [0.4, 0.5) is 11.4 Å². The lowest BCUT2D eigenvalue weighted by Crippen LogP contribution is -2.39. The number of nitrogens with one attached hydrogen (secondary N) is 1. The van der Waals surface area contributed by atoms with Gasteiger partial charge in [0, 0.05) is 12.2 Å². The fraction of sp³-hybridized carbons (Fsp3) is 0.294. The highest BCUT2D eigenvalue weighted by atomic mass is 16.2. The first-order valence-corrected chi connectivity index (χ1v) is 13.9. The first-order chi connectivity index (χ1) is 19.6. The van der Waals surface area contributed by atoms with Crippen molar-refractivity contribution in [2.75, 3.05) is 16.3 Å². The van der Waals surface area contributed by atoms with E-state index < -0.39 is 6.04 Å². The van der Waals surface area contributed by atoms with E-state index in [-0.39, 0.29) is 30.0 Å². The summed E-state index contributed by atoms with van der Waals surface area (Å²) in [5, 5.41) is 3.24. The molecule has 1 atom stereocenters. The Morgan fingerprint density at radius 3 is 1.80 bits per heavy atom. The van der Waals surface area contributed by atoms with Crippen molar-refractivity contribution in [3.63, 3.8) is 0 Å². The summed E-state index contributed by atoms with van der Waals surface area (Å²) in [6.45, 7) is 10.2. The number of anilines is 2. The third-order valence-corrected chi connectivity index (χ3v) is 7.28. The smallest absolute Gasteiger partial charge is 0.258 e. The third kappa shape index (κ3) is 6.52. The van der Waals surface area contributed by atoms with Gasteiger partial charge < -0.3 is 5.32 Å². The van der Waals surface area contributed by atoms with E-state index in [1.54, 1.807) is 0 Å². The number of amides is 4. The largest absolute Gasteiger partial charge is 0.305 e. The van der Waals surface area contributed by atoms with Crippen LogP contribution in [0.15, 0.2) is 72.9 Å². The summed E-state index contributed by atoms with van der Waals surface area (Å²) >= 11 is 0. The van der Waals surface area contributed by atoms with Crippen LogP contribution in [0.5, 0.6) is 0 Å². The van der Waals surface area contributed by atoms with Crippen molar-refractivity contribution >= 4 is 35.0 Å². The third-order valence-electron chi connectivity index (χ3n) is 7.28. The molecule has 0 bridgehead atoms. The second-order valence-corrected chi connectivity index (χ2v) is 10.6. The molecule has 0 radical (unpaired) electrons. The maximum absolute atomic E-state index is 13.2. The zero-order chi connectivity index (χ0) is 29.7. The van der Waals surface area contributed by atoms with Gasteiger partial charge in [0.2, 0.25) is 5.91 Å². The van der Waals surface area contributed by atoms with Crippen LogP contribution >= 0.6 is 0 Å². The fourth-order valence-electron chi connectivity index (χ4n) is 5.64. The predicted molar refractivity (Wildman–Crippen MR) is 163 cm³/mol. The van der Waals surface area contributed by atoms with Crippen LogP contribution < -0.4 is 15.1 Å². The summed E-state index contributed by atoms with van der Waals surface area (Å²) in [5.74, 6) is -1.07. The average Bonchev–Trinajstić information content (AvgIpc) is 3.37. The zero-order valence-corrected chi connectivity index (χ0v) is 24.4. The normalized spacial score (nSPS) is 17.6. The fourth-order valence-corrected chi connectivity index (χ4v) is 5.64. The first kappa shape index (κ1) is 29.6. The molecule has 7 nitrogen and oxygen atoms in total. The van der Waals surface area contributed by atoms with Crippen LogP contribution in [-0.2, 0) is 25.6 Å². The van der Waals surface area contributed by atoms with Crippen molar-refractivity contribution in [2.24, 2.45) is 0 Å². The Morgan fingerprint density at radius 2 is 1.27 bits per heavy atom. The standard InChI is InChI=1S/C34H37N3O4/c1-6-7-8-9-10-11-12-15-35-28-21-31(40)37(34(28)41)33-24(4)18-27(19-25(33)5)20-26-16-22(2)32(23(3)17-26)36-29(38)13-14-30(36)39/h6-11,13-14,16-19,28,35H,12,15,20-21H2,1-5H3/b7-6-,9-8-,11-10-. The molecule has 1 fully saturated rings. The van der Waals surface area contributed by atoms with Crippen LogP contribution in [0, 0.1) is 27.7 Å². The Balaban J connectivity index is 1.45. The molecule has 2 aromatic carbocycles. The van der Waals surface area contributed by atoms with Crippen molar-refractivity contribution in [1.29, 1.82) is 0 Å². The molecule has 0 saturated carbocycles. The van der Waals surface area contributed by atoms with E-state index in [1.807, 2.05) is 95.3 Å². The second-order valence-electron chi connectivity index (χ2n) is 10.6. The van der Waals surface area contributed by atoms with E-state index in [1.165, 1.54) is 22.0 Å². The highest BCUT2D eigenvalue weighted by molar-refractivity contribution is 6.28. The van der Waals surface area contributed by atoms with Crippen LogP contribution in [0.1, 0.15) is 53.1 Å². The number of hydrogen-bond acceptors (Lipinski definition) is 5. The van der Waals surface area contributed by atoms with E-state index in [0.29, 0.717) is 24.3 Å². The average molecular weight is 552 g/mol. The Labute approximate surface area is 241 Å². The zero-order valence-electron chi connectivity index (χ0n) is 24.4. The van der Waals surface area contributed by atoms with Crippen LogP contribution in [0.2, 0.25) is 0 Å². The van der Waals surface area contributed by atoms with Crippen LogP contribution in [0.3, 0.4) is 0 Å². The number of hydrogen-bond donors (Lipinski definition) is 1. The van der Waals surface area contributed by atoms with Crippen molar-refractivity contribution in [3.8, 4) is 0 Å². The summed E-state index contributed by atoms with van der Waals surface area (Å²) in [6, 6.07) is 7.51. The van der Waals surface area contributed by atoms with Crippen molar-refractivity contribution in [1.82, 2.24) is 5.32 Å². The Kier molecular flexibility index (Phi) is 9.30. The van der Waals surface area contributed by atoms with E-state index in [0.717, 1.165) is 39.8 Å². The van der Waals surface area contributed by atoms with Gasteiger partial charge >= 0.3 is 0 Å². The van der Waals surface area contributed by atoms with Crippen LogP contribution in [0.25, 0.3) is 0 Å². The van der Waals surface area contributed by atoms with Gasteiger partial charge in [-0.25, -0.2) is 9.80 Å². The number of nitrogens with zero attached hydrogens (tertiary/aromatic N) is 2. The number of carbonyl (C=O) groups is 4. The molecular weight excluding hydrogens is 514 g/mol. The highest BCUT2D eigenvalue weighted by Gasteiger charge is 2.40. The van der Waals surface area contributed by atoms with Crippen molar-refractivity contribution in [2.45, 2.75) is 59.9 Å². The Hall–Kier alpha value is -4.36. The van der Waals surface area contributed by atoms with E-state index in [4.69, 9.17) is 0 Å². The topological polar surface area (TPSA) is 86.8 Å². The molecule has 2 heterocycles. The molecule has 0 aliphatic carbocycles. The van der Waals surface area contributed by atoms with E-state index in [9.17, 15) is 19.2 Å². The number of allylic oxidation sites excluding steroid dienone is 5. The lowest BCUT2D eigenvalue weighted by Gasteiger charge is -2.22. The van der Waals surface area contributed by atoms with Gasteiger partial charge in [0.05, 0.1) is 23.8 Å². The monoisotopic (exact) mass is 551 g/mol. The van der Waals surface area contributed by atoms with Gasteiger partial charge in [0.15, 0.2) is 0 Å². The quantitative estimate of drug-likeness (QED) is 0.248. The number of aryl methyl sites for hydroxylation is 4. The molecule has 41 heavy (non-hydrogen) atoms. The predicted octanol–water partition coefficient (Wildman–Crippen LogP) is 5.24. The minimum atomic E-state index is -0.526. The van der Waals surface area contributed by atoms with E-state index in [2.05, 4.69) is 5.32 Å². The first-order valence-electron chi connectivity index (χ1n) is 13.9. The van der Waals surface area contributed by atoms with E-state index >= 15 is 0 Å². The number of rotatable bonds is 10. The van der Waals surface area contributed by atoms with Gasteiger partial charge in [0.25, 0.3) is 17.7 Å². The maximum atomic E-state index is 13.2. The molecule has 1 unspecified atom stereocenters. The molecule has 1 N–H and O–H groups in total. The lowest BCUT2D eigenvalue weighted by atomic mass is 9.95. The summed E-state index contributed by atoms with van der Waals surface area (Å²) in [6.07, 6.45) is 15.9. The maximum Gasteiger partial charge on any atom is 0.258 e. The van der Waals surface area contributed by atoms with Crippen molar-refractivity contribution in [3.05, 3.63) is 106 Å². The number of benzene rings is 2. The molecule has 4 amide bonds. The molecule has 2 aliphatic rings. The molecule has 2 aromatic rings. The Morgan fingerprint density at radius 1 is 0.756 bits per heavy atom. The summed E-state index contributed by atoms with van der Waals surface area (Å²) in [7, 11) is 0. The molecule has 0 aromatic heterocycles. The summed E-state index contributed by atoms with van der Waals surface area (Å²) in [4.78, 5) is 53.2. The molecule has 1 saturated heterocycles. The highest BCUT2D eigenvalue weighted by Crippen LogP contribution is 2.33. The van der Waals surface area contributed by atoms with Gasteiger partial charge in [0.1, 0.15) is 0 Å². The van der Waals surface area contributed by atoms with Gasteiger partial charge in [-0.1, -0.05) is 60.7 Å². The molecule has 7 heteroatoms.